The molecule has 2 aromatic carbocycles. The number of hydrogen-bond donors (Lipinski definition) is 0. The molecule has 0 saturated carbocycles. The lowest BCUT2D eigenvalue weighted by molar-refractivity contribution is -0.147. The summed E-state index contributed by atoms with van der Waals surface area (Å²) < 4.78 is 5.68. The molecule has 0 saturated heterocycles. The molecule has 0 aliphatic rings. The summed E-state index contributed by atoms with van der Waals surface area (Å²) in [6.07, 6.45) is 1.61. The van der Waals surface area contributed by atoms with Crippen LogP contribution in [0, 0.1) is 0 Å². The number of carbonyl (C=O) groups excluding carboxylic acids is 1. The summed E-state index contributed by atoms with van der Waals surface area (Å²) in [6.45, 7) is 1.79. The van der Waals surface area contributed by atoms with E-state index in [1.165, 1.54) is 0 Å². The Morgan fingerprint density at radius 1 is 1.05 bits per heavy atom. The van der Waals surface area contributed by atoms with Gasteiger partial charge in [0.15, 0.2) is 6.10 Å². The summed E-state index contributed by atoms with van der Waals surface area (Å²) in [6, 6.07) is 19.7. The molecule has 0 radical (unpaired) electrons. The largest absolute Gasteiger partial charge is 0.451 e. The van der Waals surface area contributed by atoms with E-state index < -0.39 is 6.10 Å². The van der Waals surface area contributed by atoms with Crippen molar-refractivity contribution in [3.63, 3.8) is 0 Å². The third-order valence-electron chi connectivity index (χ3n) is 3.59. The van der Waals surface area contributed by atoms with Gasteiger partial charge in [0.05, 0.1) is 5.69 Å². The Morgan fingerprint density at radius 2 is 1.77 bits per heavy atom. The van der Waals surface area contributed by atoms with Crippen LogP contribution >= 0.6 is 0 Å². The molecule has 3 rings (SSSR count). The third-order valence-corrected chi connectivity index (χ3v) is 3.59. The van der Waals surface area contributed by atoms with Crippen molar-refractivity contribution in [2.75, 3.05) is 0 Å². The van der Waals surface area contributed by atoms with Crippen LogP contribution in [0.2, 0.25) is 0 Å². The molecule has 3 heteroatoms. The molecule has 1 aromatic heterocycles. The first kappa shape index (κ1) is 14.3. The predicted molar refractivity (Wildman–Crippen MR) is 86.4 cm³/mol. The van der Waals surface area contributed by atoms with Crippen molar-refractivity contribution >= 4 is 16.7 Å². The molecule has 110 valence electrons. The average molecular weight is 291 g/mol. The molecule has 1 unspecified atom stereocenters. The van der Waals surface area contributed by atoms with Crippen LogP contribution in [-0.2, 0) is 9.53 Å². The van der Waals surface area contributed by atoms with Crippen LogP contribution < -0.4 is 0 Å². The number of hydrogen-bond acceptors (Lipinski definition) is 3. The van der Waals surface area contributed by atoms with Crippen LogP contribution in [0.15, 0.2) is 66.9 Å². The van der Waals surface area contributed by atoms with Crippen molar-refractivity contribution in [1.29, 1.82) is 0 Å². The van der Waals surface area contributed by atoms with Gasteiger partial charge in [-0.1, -0.05) is 61.5 Å². The van der Waals surface area contributed by atoms with Crippen molar-refractivity contribution in [1.82, 2.24) is 4.98 Å². The summed E-state index contributed by atoms with van der Waals surface area (Å²) in [5, 5.41) is 2.09. The van der Waals surface area contributed by atoms with E-state index in [1.807, 2.05) is 60.7 Å². The Labute approximate surface area is 129 Å². The van der Waals surface area contributed by atoms with E-state index in [0.29, 0.717) is 6.42 Å². The summed E-state index contributed by atoms with van der Waals surface area (Å²) in [4.78, 5) is 16.3. The van der Waals surface area contributed by atoms with Gasteiger partial charge in [0.25, 0.3) is 0 Å². The average Bonchev–Trinajstić information content (AvgIpc) is 2.60. The number of nitrogens with zero attached hydrogens (tertiary/aromatic N) is 1. The van der Waals surface area contributed by atoms with Crippen LogP contribution in [0.3, 0.4) is 0 Å². The van der Waals surface area contributed by atoms with E-state index in [1.54, 1.807) is 13.1 Å². The van der Waals surface area contributed by atoms with E-state index in [-0.39, 0.29) is 5.97 Å². The lowest BCUT2D eigenvalue weighted by Gasteiger charge is -2.19. The predicted octanol–water partition coefficient (Wildman–Crippen LogP) is 4.28. The molecule has 3 aromatic rings. The second-order valence-electron chi connectivity index (χ2n) is 5.05. The van der Waals surface area contributed by atoms with E-state index in [2.05, 4.69) is 4.98 Å². The molecule has 3 nitrogen and oxygen atoms in total. The first-order valence-electron chi connectivity index (χ1n) is 7.37. The number of ether oxygens (including phenoxy) is 1. The summed E-state index contributed by atoms with van der Waals surface area (Å²) in [7, 11) is 0. The molecule has 0 fully saturated rings. The molecular formula is C19H17NO2. The zero-order valence-electron chi connectivity index (χ0n) is 12.4. The molecule has 22 heavy (non-hydrogen) atoms. The Hall–Kier alpha value is -2.68. The fraction of sp³-hybridized carbons (Fsp3) is 0.158. The van der Waals surface area contributed by atoms with Crippen LogP contribution in [0.4, 0.5) is 0 Å². The lowest BCUT2D eigenvalue weighted by atomic mass is 10.0. The second-order valence-corrected chi connectivity index (χ2v) is 5.05. The highest BCUT2D eigenvalue weighted by Crippen LogP contribution is 2.30. The number of fused-ring (bicyclic) bond motifs is 1. The molecule has 0 amide bonds. The highest BCUT2D eigenvalue weighted by Gasteiger charge is 2.21. The molecule has 1 heterocycles. The monoisotopic (exact) mass is 291 g/mol. The summed E-state index contributed by atoms with van der Waals surface area (Å²) >= 11 is 0. The van der Waals surface area contributed by atoms with Crippen molar-refractivity contribution in [2.45, 2.75) is 19.4 Å². The summed E-state index contributed by atoms with van der Waals surface area (Å²) in [5.74, 6) is -0.233. The van der Waals surface area contributed by atoms with Gasteiger partial charge >= 0.3 is 5.97 Å². The van der Waals surface area contributed by atoms with Crippen LogP contribution in [0.5, 0.6) is 0 Å². The molecule has 0 N–H and O–H groups in total. The van der Waals surface area contributed by atoms with Crippen molar-refractivity contribution in [3.8, 4) is 0 Å². The normalized spacial score (nSPS) is 12.0. The molecule has 1 atom stereocenters. The van der Waals surface area contributed by atoms with E-state index in [0.717, 1.165) is 22.0 Å². The number of esters is 1. The van der Waals surface area contributed by atoms with E-state index in [9.17, 15) is 4.79 Å². The van der Waals surface area contributed by atoms with Gasteiger partial charge in [-0.3, -0.25) is 9.78 Å². The maximum Gasteiger partial charge on any atom is 0.306 e. The van der Waals surface area contributed by atoms with E-state index in [4.69, 9.17) is 4.74 Å². The van der Waals surface area contributed by atoms with Gasteiger partial charge in [-0.2, -0.15) is 0 Å². The first-order valence-corrected chi connectivity index (χ1v) is 7.37. The number of benzene rings is 2. The SMILES string of the molecule is CCC(=O)OC(c1ccccc1)c1nccc2ccccc12. The molecule has 0 aliphatic heterocycles. The van der Waals surface area contributed by atoms with Gasteiger partial charge in [-0.05, 0) is 17.0 Å². The number of aromatic nitrogens is 1. The van der Waals surface area contributed by atoms with Gasteiger partial charge in [-0.15, -0.1) is 0 Å². The Kier molecular flexibility index (Phi) is 4.15. The Morgan fingerprint density at radius 3 is 2.55 bits per heavy atom. The van der Waals surface area contributed by atoms with Crippen LogP contribution in [-0.4, -0.2) is 11.0 Å². The maximum absolute atomic E-state index is 11.9. The third kappa shape index (κ3) is 2.84. The fourth-order valence-corrected chi connectivity index (χ4v) is 2.48. The fourth-order valence-electron chi connectivity index (χ4n) is 2.48. The minimum absolute atomic E-state index is 0.233. The number of pyridine rings is 1. The Bertz CT molecular complexity index is 778. The number of rotatable bonds is 4. The quantitative estimate of drug-likeness (QED) is 0.674. The second kappa shape index (κ2) is 6.39. The number of carbonyl (C=O) groups is 1. The zero-order chi connectivity index (χ0) is 15.4. The van der Waals surface area contributed by atoms with Gasteiger partial charge < -0.3 is 4.74 Å². The topological polar surface area (TPSA) is 39.2 Å². The van der Waals surface area contributed by atoms with Crippen molar-refractivity contribution in [2.24, 2.45) is 0 Å². The zero-order valence-corrected chi connectivity index (χ0v) is 12.4. The standard InChI is InChI=1S/C19H17NO2/c1-2-17(21)22-19(15-9-4-3-5-10-15)18-16-11-7-6-8-14(16)12-13-20-18/h3-13,19H,2H2,1H3. The molecule has 0 aliphatic carbocycles. The maximum atomic E-state index is 11.9. The summed E-state index contributed by atoms with van der Waals surface area (Å²) in [5.41, 5.74) is 1.69. The van der Waals surface area contributed by atoms with Crippen molar-refractivity contribution in [3.05, 3.63) is 78.1 Å². The van der Waals surface area contributed by atoms with Crippen LogP contribution in [0.1, 0.15) is 30.7 Å². The van der Waals surface area contributed by atoms with Gasteiger partial charge in [0.2, 0.25) is 0 Å². The molecule has 0 bridgehead atoms. The lowest BCUT2D eigenvalue weighted by Crippen LogP contribution is -2.13. The smallest absolute Gasteiger partial charge is 0.306 e. The Balaban J connectivity index is 2.13. The van der Waals surface area contributed by atoms with Crippen LogP contribution in [0.25, 0.3) is 10.8 Å². The highest BCUT2D eigenvalue weighted by atomic mass is 16.5. The minimum Gasteiger partial charge on any atom is -0.451 e. The molecular weight excluding hydrogens is 274 g/mol. The highest BCUT2D eigenvalue weighted by molar-refractivity contribution is 5.85. The van der Waals surface area contributed by atoms with Gasteiger partial charge in [-0.25, -0.2) is 0 Å². The van der Waals surface area contributed by atoms with E-state index >= 15 is 0 Å². The van der Waals surface area contributed by atoms with Crippen molar-refractivity contribution < 1.29 is 9.53 Å². The van der Waals surface area contributed by atoms with Gasteiger partial charge in [0.1, 0.15) is 0 Å². The first-order chi connectivity index (χ1) is 10.8. The van der Waals surface area contributed by atoms with Gasteiger partial charge in [0, 0.05) is 18.0 Å². The molecule has 0 spiro atoms. The minimum atomic E-state index is -0.486.